The Bertz CT molecular complexity index is 719. The van der Waals surface area contributed by atoms with Crippen LogP contribution in [0.4, 0.5) is 0 Å². The molecular weight excluding hydrogens is 394 g/mol. The van der Waals surface area contributed by atoms with Gasteiger partial charge in [0, 0.05) is 10.6 Å². The number of hydrogen-bond acceptors (Lipinski definition) is 3. The highest BCUT2D eigenvalue weighted by atomic mass is 79.9. The summed E-state index contributed by atoms with van der Waals surface area (Å²) in [6.45, 7) is 4.28. The van der Waals surface area contributed by atoms with Crippen LogP contribution in [0.5, 0.6) is 11.5 Å². The molecule has 128 valence electrons. The maximum Gasteiger partial charge on any atom is 0.251 e. The van der Waals surface area contributed by atoms with Crippen molar-refractivity contribution in [3.63, 3.8) is 0 Å². The van der Waals surface area contributed by atoms with Crippen molar-refractivity contribution in [1.29, 1.82) is 0 Å². The fraction of sp³-hybridized carbons (Fsp3) is 0.278. The van der Waals surface area contributed by atoms with Crippen molar-refractivity contribution in [1.82, 2.24) is 5.32 Å². The zero-order valence-corrected chi connectivity index (χ0v) is 16.1. The fourth-order valence-corrected chi connectivity index (χ4v) is 3.00. The molecule has 6 heteroatoms. The van der Waals surface area contributed by atoms with E-state index in [1.165, 1.54) is 0 Å². The van der Waals surface area contributed by atoms with Crippen molar-refractivity contribution >= 4 is 33.4 Å². The summed E-state index contributed by atoms with van der Waals surface area (Å²) in [6, 6.07) is 10.6. The van der Waals surface area contributed by atoms with Gasteiger partial charge in [0.25, 0.3) is 5.91 Å². The standard InChI is InChI=1S/C18H19BrClNO3/c1-4-24-16-10-13(9-15(19)17(16)23-3)18(22)21-11(2)12-5-7-14(20)8-6-12/h5-11H,4H2,1-3H3,(H,21,22)/t11-/m0/s1. The minimum Gasteiger partial charge on any atom is -0.492 e. The number of carbonyl (C=O) groups is 1. The average Bonchev–Trinajstić information content (AvgIpc) is 2.55. The van der Waals surface area contributed by atoms with Crippen molar-refractivity contribution < 1.29 is 14.3 Å². The Morgan fingerprint density at radius 2 is 1.96 bits per heavy atom. The lowest BCUT2D eigenvalue weighted by molar-refractivity contribution is 0.0939. The predicted octanol–water partition coefficient (Wildman–Crippen LogP) is 5.00. The molecule has 0 bridgehead atoms. The van der Waals surface area contributed by atoms with Gasteiger partial charge in [-0.1, -0.05) is 23.7 Å². The van der Waals surface area contributed by atoms with Crippen LogP contribution in [0.1, 0.15) is 35.8 Å². The van der Waals surface area contributed by atoms with Crippen LogP contribution in [0, 0.1) is 0 Å². The van der Waals surface area contributed by atoms with E-state index < -0.39 is 0 Å². The van der Waals surface area contributed by atoms with Gasteiger partial charge in [-0.2, -0.15) is 0 Å². The van der Waals surface area contributed by atoms with Crippen LogP contribution < -0.4 is 14.8 Å². The maximum atomic E-state index is 12.5. The van der Waals surface area contributed by atoms with Crippen molar-refractivity contribution in [3.8, 4) is 11.5 Å². The second-order valence-corrected chi connectivity index (χ2v) is 6.46. The molecule has 0 aliphatic rings. The first-order valence-electron chi connectivity index (χ1n) is 7.53. The van der Waals surface area contributed by atoms with Crippen LogP contribution in [0.3, 0.4) is 0 Å². The highest BCUT2D eigenvalue weighted by Gasteiger charge is 2.17. The Balaban J connectivity index is 2.21. The van der Waals surface area contributed by atoms with Gasteiger partial charge >= 0.3 is 0 Å². The molecule has 0 aliphatic heterocycles. The summed E-state index contributed by atoms with van der Waals surface area (Å²) < 4.78 is 11.5. The van der Waals surface area contributed by atoms with Gasteiger partial charge in [0.15, 0.2) is 11.5 Å². The Morgan fingerprint density at radius 1 is 1.29 bits per heavy atom. The van der Waals surface area contributed by atoms with Gasteiger partial charge in [-0.25, -0.2) is 0 Å². The number of ether oxygens (including phenoxy) is 2. The maximum absolute atomic E-state index is 12.5. The van der Waals surface area contributed by atoms with Gasteiger partial charge in [-0.05, 0) is 59.6 Å². The van der Waals surface area contributed by atoms with E-state index >= 15 is 0 Å². The quantitative estimate of drug-likeness (QED) is 0.726. The topological polar surface area (TPSA) is 47.6 Å². The van der Waals surface area contributed by atoms with Crippen LogP contribution >= 0.6 is 27.5 Å². The summed E-state index contributed by atoms with van der Waals surface area (Å²) in [5, 5.41) is 3.63. The van der Waals surface area contributed by atoms with E-state index in [4.69, 9.17) is 21.1 Å². The molecule has 0 radical (unpaired) electrons. The van der Waals surface area contributed by atoms with Gasteiger partial charge in [-0.3, -0.25) is 4.79 Å². The number of benzene rings is 2. The molecule has 0 unspecified atom stereocenters. The molecule has 4 nitrogen and oxygen atoms in total. The van der Waals surface area contributed by atoms with Gasteiger partial charge in [0.1, 0.15) is 0 Å². The summed E-state index contributed by atoms with van der Waals surface area (Å²) in [6.07, 6.45) is 0. The number of rotatable bonds is 6. The zero-order chi connectivity index (χ0) is 17.7. The molecule has 0 heterocycles. The van der Waals surface area contributed by atoms with Crippen LogP contribution in [-0.2, 0) is 0 Å². The molecule has 1 N–H and O–H groups in total. The Morgan fingerprint density at radius 3 is 2.54 bits per heavy atom. The van der Waals surface area contributed by atoms with Crippen LogP contribution in [0.2, 0.25) is 5.02 Å². The zero-order valence-electron chi connectivity index (χ0n) is 13.7. The highest BCUT2D eigenvalue weighted by molar-refractivity contribution is 9.10. The van der Waals surface area contributed by atoms with Gasteiger partial charge in [0.05, 0.1) is 24.2 Å². The third kappa shape index (κ3) is 4.42. The van der Waals surface area contributed by atoms with Crippen LogP contribution in [-0.4, -0.2) is 19.6 Å². The first-order valence-corrected chi connectivity index (χ1v) is 8.70. The lowest BCUT2D eigenvalue weighted by Crippen LogP contribution is -2.26. The van der Waals surface area contributed by atoms with Gasteiger partial charge in [0.2, 0.25) is 0 Å². The molecule has 0 aliphatic carbocycles. The lowest BCUT2D eigenvalue weighted by Gasteiger charge is -2.16. The van der Waals surface area contributed by atoms with Gasteiger partial charge in [-0.15, -0.1) is 0 Å². The minimum atomic E-state index is -0.193. The van der Waals surface area contributed by atoms with Crippen molar-refractivity contribution in [2.75, 3.05) is 13.7 Å². The molecule has 2 aromatic carbocycles. The molecule has 0 spiro atoms. The molecule has 0 fully saturated rings. The van der Waals surface area contributed by atoms with E-state index in [-0.39, 0.29) is 11.9 Å². The lowest BCUT2D eigenvalue weighted by atomic mass is 10.1. The highest BCUT2D eigenvalue weighted by Crippen LogP contribution is 2.36. The van der Waals surface area contributed by atoms with E-state index in [2.05, 4.69) is 21.2 Å². The average molecular weight is 413 g/mol. The molecular formula is C18H19BrClNO3. The third-order valence-corrected chi connectivity index (χ3v) is 4.33. The van der Waals surface area contributed by atoms with E-state index in [1.807, 2.05) is 26.0 Å². The number of methoxy groups -OCH3 is 1. The van der Waals surface area contributed by atoms with Crippen molar-refractivity contribution in [2.45, 2.75) is 19.9 Å². The molecule has 0 saturated carbocycles. The summed E-state index contributed by atoms with van der Waals surface area (Å²) in [5.74, 6) is 0.902. The first kappa shape index (κ1) is 18.6. The van der Waals surface area contributed by atoms with Crippen LogP contribution in [0.25, 0.3) is 0 Å². The number of hydrogen-bond donors (Lipinski definition) is 1. The minimum absolute atomic E-state index is 0.147. The monoisotopic (exact) mass is 411 g/mol. The molecule has 2 aromatic rings. The molecule has 1 atom stereocenters. The Hall–Kier alpha value is -1.72. The van der Waals surface area contributed by atoms with Crippen molar-refractivity contribution in [3.05, 3.63) is 57.0 Å². The number of amides is 1. The van der Waals surface area contributed by atoms with E-state index in [0.29, 0.717) is 33.2 Å². The smallest absolute Gasteiger partial charge is 0.251 e. The molecule has 0 saturated heterocycles. The first-order chi connectivity index (χ1) is 11.5. The summed E-state index contributed by atoms with van der Waals surface area (Å²) in [7, 11) is 1.56. The third-order valence-electron chi connectivity index (χ3n) is 3.49. The van der Waals surface area contributed by atoms with Crippen molar-refractivity contribution in [2.24, 2.45) is 0 Å². The Kier molecular flexibility index (Phi) is 6.52. The molecule has 1 amide bonds. The normalized spacial score (nSPS) is 11.7. The van der Waals surface area contributed by atoms with E-state index in [1.54, 1.807) is 31.4 Å². The van der Waals surface area contributed by atoms with E-state index in [9.17, 15) is 4.79 Å². The summed E-state index contributed by atoms with van der Waals surface area (Å²) in [4.78, 5) is 12.5. The van der Waals surface area contributed by atoms with Gasteiger partial charge < -0.3 is 14.8 Å². The Labute approximate surface area is 155 Å². The molecule has 2 rings (SSSR count). The molecule has 0 aromatic heterocycles. The molecule has 24 heavy (non-hydrogen) atoms. The number of carbonyl (C=O) groups excluding carboxylic acids is 1. The van der Waals surface area contributed by atoms with Crippen LogP contribution in [0.15, 0.2) is 40.9 Å². The number of halogens is 2. The second kappa shape index (κ2) is 8.40. The summed E-state index contributed by atoms with van der Waals surface area (Å²) >= 11 is 9.31. The fourth-order valence-electron chi connectivity index (χ4n) is 2.27. The van der Waals surface area contributed by atoms with E-state index in [0.717, 1.165) is 5.56 Å². The predicted molar refractivity (Wildman–Crippen MR) is 99.2 cm³/mol. The largest absolute Gasteiger partial charge is 0.492 e. The second-order valence-electron chi connectivity index (χ2n) is 5.17. The SMILES string of the molecule is CCOc1cc(C(=O)N[C@@H](C)c2ccc(Cl)cc2)cc(Br)c1OC. The summed E-state index contributed by atoms with van der Waals surface area (Å²) in [5.41, 5.74) is 1.47. The number of nitrogens with one attached hydrogen (secondary N) is 1.